The number of nitrogens with zero attached hydrogens (tertiary/aromatic N) is 1. The molecule has 0 aromatic rings. The second-order valence-electron chi connectivity index (χ2n) is 23.8. The van der Waals surface area contributed by atoms with Crippen LogP contribution in [0.1, 0.15) is 166 Å². The lowest BCUT2D eigenvalue weighted by Crippen LogP contribution is -2.59. The molecule has 13 unspecified atom stereocenters. The predicted molar refractivity (Wildman–Crippen MR) is 229 cm³/mol. The van der Waals surface area contributed by atoms with Gasteiger partial charge in [0.15, 0.2) is 0 Å². The fraction of sp³-hybridized carbons (Fsp3) is 0.774. The number of hydrogen-bond donors (Lipinski definition) is 0. The van der Waals surface area contributed by atoms with Crippen molar-refractivity contribution in [3.63, 3.8) is 0 Å². The van der Waals surface area contributed by atoms with Crippen molar-refractivity contribution in [1.29, 1.82) is 0 Å². The maximum absolute atomic E-state index is 7.05. The SMILES string of the molecule is CC1=CC2=C(C(C)C1)N(C1CC=C(C(C)(C)C)CC1CC1=C3OC4CCCC=C4C3CCC1)C1CC(C(C)(C)C)CC3C1C2C1C3C2CCCC=C2C1(C)C. The van der Waals surface area contributed by atoms with Gasteiger partial charge in [-0.25, -0.2) is 0 Å². The number of ether oxygens (including phenoxy) is 1. The van der Waals surface area contributed by atoms with Crippen LogP contribution >= 0.6 is 0 Å². The molecule has 300 valence electrons. The molecule has 4 fully saturated rings. The third-order valence-corrected chi connectivity index (χ3v) is 18.5. The minimum absolute atomic E-state index is 0.224. The van der Waals surface area contributed by atoms with Crippen LogP contribution < -0.4 is 0 Å². The molecular weight excluding hydrogens is 667 g/mol. The Balaban J connectivity index is 1.12. The molecule has 0 bridgehead atoms. The van der Waals surface area contributed by atoms with E-state index in [2.05, 4.69) is 98.4 Å². The molecule has 2 aliphatic heterocycles. The van der Waals surface area contributed by atoms with Gasteiger partial charge in [-0.15, -0.1) is 0 Å². The predicted octanol–water partition coefficient (Wildman–Crippen LogP) is 13.9. The molecule has 55 heavy (non-hydrogen) atoms. The van der Waals surface area contributed by atoms with E-state index in [1.807, 2.05) is 16.8 Å². The van der Waals surface area contributed by atoms with E-state index >= 15 is 0 Å². The van der Waals surface area contributed by atoms with Gasteiger partial charge in [-0.3, -0.25) is 0 Å². The number of fused-ring (bicyclic) bond motifs is 9. The Hall–Kier alpha value is -1.96. The lowest BCUT2D eigenvalue weighted by molar-refractivity contribution is -0.0363. The second kappa shape index (κ2) is 13.0. The molecule has 3 saturated carbocycles. The average molecular weight is 744 g/mol. The van der Waals surface area contributed by atoms with Crippen LogP contribution in [-0.2, 0) is 4.74 Å². The van der Waals surface area contributed by atoms with Gasteiger partial charge >= 0.3 is 0 Å². The Labute approximate surface area is 336 Å². The van der Waals surface area contributed by atoms with Gasteiger partial charge < -0.3 is 9.64 Å². The Morgan fingerprint density at radius 2 is 1.65 bits per heavy atom. The first-order chi connectivity index (χ1) is 26.1. The Morgan fingerprint density at radius 1 is 0.873 bits per heavy atom. The normalized spacial score (nSPS) is 43.2. The van der Waals surface area contributed by atoms with Gasteiger partial charge in [-0.2, -0.15) is 0 Å². The molecule has 10 rings (SSSR count). The summed E-state index contributed by atoms with van der Waals surface area (Å²) >= 11 is 0. The summed E-state index contributed by atoms with van der Waals surface area (Å²) in [5, 5.41) is 0. The van der Waals surface area contributed by atoms with E-state index in [0.717, 1.165) is 41.4 Å². The van der Waals surface area contributed by atoms with Crippen LogP contribution in [0, 0.1) is 75.4 Å². The van der Waals surface area contributed by atoms with Gasteiger partial charge in [0.2, 0.25) is 0 Å². The molecule has 0 radical (unpaired) electrons. The first-order valence-corrected chi connectivity index (χ1v) is 23.8. The van der Waals surface area contributed by atoms with Gasteiger partial charge in [0.25, 0.3) is 0 Å². The van der Waals surface area contributed by atoms with E-state index in [1.165, 1.54) is 102 Å². The molecule has 2 heterocycles. The summed E-state index contributed by atoms with van der Waals surface area (Å²) in [6.45, 7) is 25.8. The highest BCUT2D eigenvalue weighted by atomic mass is 16.5. The highest BCUT2D eigenvalue weighted by Gasteiger charge is 2.69. The number of hydrogen-bond acceptors (Lipinski definition) is 2. The number of rotatable bonds is 3. The third-order valence-electron chi connectivity index (χ3n) is 18.5. The summed E-state index contributed by atoms with van der Waals surface area (Å²) in [6.07, 6.45) is 31.0. The average Bonchev–Trinajstić information content (AvgIpc) is 3.76. The molecule has 0 aromatic carbocycles. The van der Waals surface area contributed by atoms with Crippen molar-refractivity contribution in [3.8, 4) is 0 Å². The van der Waals surface area contributed by atoms with Crippen LogP contribution in [0.25, 0.3) is 0 Å². The maximum Gasteiger partial charge on any atom is 0.120 e. The summed E-state index contributed by atoms with van der Waals surface area (Å²) in [6, 6.07) is 1.24. The first kappa shape index (κ1) is 37.3. The fourth-order valence-corrected chi connectivity index (χ4v) is 16.3. The zero-order valence-corrected chi connectivity index (χ0v) is 36.8. The smallest absolute Gasteiger partial charge is 0.120 e. The standard InChI is InChI=1S/C53H77NO/c1-30-24-31(2)49-40(25-30)47-46-39(45-38-18-11-13-20-41(38)53(9,10)48(45)47)28-35(52(6,7)8)29-43(46)54(49)42-23-22-34(51(3,4)5)27-33(42)26-32-16-15-19-37-36-17-12-14-21-44(36)55-50(32)37/h17,20,22,25,31,33,35,37-39,42-48H,11-16,18-19,21,23-24,26-29H2,1-10H3. The third kappa shape index (κ3) is 5.71. The van der Waals surface area contributed by atoms with Gasteiger partial charge in [0, 0.05) is 29.6 Å². The van der Waals surface area contributed by atoms with Crippen molar-refractivity contribution in [2.75, 3.05) is 0 Å². The van der Waals surface area contributed by atoms with E-state index in [0.29, 0.717) is 46.8 Å². The summed E-state index contributed by atoms with van der Waals surface area (Å²) in [5.41, 5.74) is 13.1. The number of allylic oxidation sites excluding steroid dienone is 10. The topological polar surface area (TPSA) is 12.5 Å². The largest absolute Gasteiger partial charge is 0.490 e. The molecular formula is C53H77NO. The Bertz CT molecular complexity index is 1780. The van der Waals surface area contributed by atoms with Crippen molar-refractivity contribution in [3.05, 3.63) is 69.2 Å². The monoisotopic (exact) mass is 744 g/mol. The molecule has 2 heteroatoms. The highest BCUT2D eigenvalue weighted by molar-refractivity contribution is 5.46. The molecule has 13 atom stereocenters. The Kier molecular flexibility index (Phi) is 8.83. The van der Waals surface area contributed by atoms with Gasteiger partial charge in [-0.1, -0.05) is 103 Å². The van der Waals surface area contributed by atoms with Crippen LogP contribution in [0.5, 0.6) is 0 Å². The molecule has 0 spiro atoms. The lowest BCUT2D eigenvalue weighted by atomic mass is 9.56. The Morgan fingerprint density at radius 3 is 2.44 bits per heavy atom. The summed E-state index contributed by atoms with van der Waals surface area (Å²) in [4.78, 5) is 3.30. The van der Waals surface area contributed by atoms with Crippen LogP contribution in [0.4, 0.5) is 0 Å². The van der Waals surface area contributed by atoms with E-state index in [9.17, 15) is 0 Å². The molecule has 2 nitrogen and oxygen atoms in total. The zero-order chi connectivity index (χ0) is 38.3. The molecule has 0 amide bonds. The minimum atomic E-state index is 0.224. The van der Waals surface area contributed by atoms with Crippen LogP contribution in [0.3, 0.4) is 0 Å². The van der Waals surface area contributed by atoms with Crippen molar-refractivity contribution < 1.29 is 4.74 Å². The van der Waals surface area contributed by atoms with E-state index in [1.54, 1.807) is 22.3 Å². The van der Waals surface area contributed by atoms with E-state index < -0.39 is 0 Å². The molecule has 0 aromatic heterocycles. The van der Waals surface area contributed by atoms with Crippen molar-refractivity contribution >= 4 is 0 Å². The van der Waals surface area contributed by atoms with Gasteiger partial charge in [0.05, 0.1) is 0 Å². The second-order valence-corrected chi connectivity index (χ2v) is 23.8. The first-order valence-electron chi connectivity index (χ1n) is 23.8. The quantitative estimate of drug-likeness (QED) is 0.267. The van der Waals surface area contributed by atoms with E-state index in [4.69, 9.17) is 4.74 Å². The molecule has 10 aliphatic rings. The van der Waals surface area contributed by atoms with Crippen molar-refractivity contribution in [2.24, 2.45) is 75.4 Å². The van der Waals surface area contributed by atoms with E-state index in [-0.39, 0.29) is 5.41 Å². The van der Waals surface area contributed by atoms with Gasteiger partial charge in [-0.05, 0) is 184 Å². The molecule has 8 aliphatic carbocycles. The van der Waals surface area contributed by atoms with Crippen molar-refractivity contribution in [1.82, 2.24) is 4.90 Å². The van der Waals surface area contributed by atoms with Crippen LogP contribution in [0.2, 0.25) is 0 Å². The molecule has 1 saturated heterocycles. The van der Waals surface area contributed by atoms with Crippen molar-refractivity contribution in [2.45, 2.75) is 184 Å². The summed E-state index contributed by atoms with van der Waals surface area (Å²) in [7, 11) is 0. The maximum atomic E-state index is 7.05. The summed E-state index contributed by atoms with van der Waals surface area (Å²) in [5.74, 6) is 8.91. The van der Waals surface area contributed by atoms with Crippen LogP contribution in [0.15, 0.2) is 69.2 Å². The zero-order valence-electron chi connectivity index (χ0n) is 36.8. The highest BCUT2D eigenvalue weighted by Crippen LogP contribution is 2.74. The van der Waals surface area contributed by atoms with Crippen LogP contribution in [-0.4, -0.2) is 23.1 Å². The lowest BCUT2D eigenvalue weighted by Gasteiger charge is -2.60. The minimum Gasteiger partial charge on any atom is -0.490 e. The summed E-state index contributed by atoms with van der Waals surface area (Å²) < 4.78 is 7.05. The fourth-order valence-electron chi connectivity index (χ4n) is 16.3. The van der Waals surface area contributed by atoms with Gasteiger partial charge in [0.1, 0.15) is 11.9 Å². The molecule has 0 N–H and O–H groups in total.